The molecule has 0 aliphatic carbocycles. The van der Waals surface area contributed by atoms with E-state index in [0.717, 1.165) is 29.8 Å². The normalized spacial score (nSPS) is 10.7. The van der Waals surface area contributed by atoms with Crippen molar-refractivity contribution in [3.63, 3.8) is 0 Å². The fourth-order valence-electron chi connectivity index (χ4n) is 1.91. The summed E-state index contributed by atoms with van der Waals surface area (Å²) in [7, 11) is 0. The number of aryl methyl sites for hydroxylation is 1. The number of rotatable bonds is 4. The number of aromatic nitrogens is 2. The Kier molecular flexibility index (Phi) is 3.47. The highest BCUT2D eigenvalue weighted by Crippen LogP contribution is 2.26. The third-order valence-corrected chi connectivity index (χ3v) is 3.06. The zero-order valence-electron chi connectivity index (χ0n) is 10.5. The fraction of sp³-hybridized carbons (Fsp3) is 0.357. The minimum absolute atomic E-state index is 0.837. The van der Waals surface area contributed by atoms with Gasteiger partial charge >= 0.3 is 0 Å². The Labute approximate surface area is 102 Å². The molecule has 1 aromatic heterocycles. The zero-order valence-corrected chi connectivity index (χ0v) is 10.5. The summed E-state index contributed by atoms with van der Waals surface area (Å²) in [5, 5.41) is 4.38. The second-order valence-electron chi connectivity index (χ2n) is 4.37. The van der Waals surface area contributed by atoms with Gasteiger partial charge in [0.1, 0.15) is 0 Å². The van der Waals surface area contributed by atoms with Crippen molar-refractivity contribution >= 4 is 5.69 Å². The Morgan fingerprint density at radius 3 is 2.94 bits per heavy atom. The molecular weight excluding hydrogens is 210 g/mol. The minimum Gasteiger partial charge on any atom is -0.398 e. The van der Waals surface area contributed by atoms with Gasteiger partial charge in [0.2, 0.25) is 0 Å². The average molecular weight is 229 g/mol. The van der Waals surface area contributed by atoms with Gasteiger partial charge in [-0.2, -0.15) is 5.10 Å². The Bertz CT molecular complexity index is 500. The molecule has 1 aromatic carbocycles. The van der Waals surface area contributed by atoms with Gasteiger partial charge in [0.15, 0.2) is 0 Å². The maximum absolute atomic E-state index is 5.92. The maximum atomic E-state index is 5.92. The lowest BCUT2D eigenvalue weighted by atomic mass is 10.0. The van der Waals surface area contributed by atoms with Gasteiger partial charge in [-0.05, 0) is 30.5 Å². The maximum Gasteiger partial charge on any atom is 0.0568 e. The molecular formula is C14H19N3. The second kappa shape index (κ2) is 5.04. The molecule has 2 N–H and O–H groups in total. The number of nitrogens with two attached hydrogens (primary N) is 1. The van der Waals surface area contributed by atoms with Gasteiger partial charge in [-0.1, -0.05) is 25.5 Å². The first-order valence-electron chi connectivity index (χ1n) is 6.10. The third kappa shape index (κ3) is 2.49. The van der Waals surface area contributed by atoms with Gasteiger partial charge < -0.3 is 5.73 Å². The number of anilines is 1. The minimum atomic E-state index is 0.837. The number of unbranched alkanes of at least 4 members (excludes halogenated alkanes) is 1. The molecule has 17 heavy (non-hydrogen) atoms. The first kappa shape index (κ1) is 11.7. The van der Waals surface area contributed by atoms with Crippen LogP contribution in [0.15, 0.2) is 30.6 Å². The van der Waals surface area contributed by atoms with Gasteiger partial charge in [-0.15, -0.1) is 0 Å². The highest BCUT2D eigenvalue weighted by Gasteiger charge is 2.06. The van der Waals surface area contributed by atoms with Crippen LogP contribution in [0.2, 0.25) is 0 Å². The van der Waals surface area contributed by atoms with E-state index in [1.165, 1.54) is 12.0 Å². The number of nitrogens with zero attached hydrogens (tertiary/aromatic N) is 2. The predicted molar refractivity (Wildman–Crippen MR) is 71.7 cm³/mol. The zero-order chi connectivity index (χ0) is 12.3. The monoisotopic (exact) mass is 229 g/mol. The van der Waals surface area contributed by atoms with E-state index in [4.69, 9.17) is 5.73 Å². The van der Waals surface area contributed by atoms with Crippen LogP contribution in [0.3, 0.4) is 0 Å². The number of hydrogen-bond acceptors (Lipinski definition) is 2. The molecule has 0 spiro atoms. The van der Waals surface area contributed by atoms with Crippen LogP contribution in [0, 0.1) is 6.92 Å². The van der Waals surface area contributed by atoms with Crippen molar-refractivity contribution in [2.75, 3.05) is 5.73 Å². The molecule has 0 fully saturated rings. The van der Waals surface area contributed by atoms with E-state index in [9.17, 15) is 0 Å². The smallest absolute Gasteiger partial charge is 0.0568 e. The van der Waals surface area contributed by atoms with E-state index in [0.29, 0.717) is 0 Å². The first-order valence-corrected chi connectivity index (χ1v) is 6.10. The quantitative estimate of drug-likeness (QED) is 0.818. The van der Waals surface area contributed by atoms with Crippen LogP contribution in [0.5, 0.6) is 0 Å². The molecule has 0 aliphatic heterocycles. The molecule has 2 aromatic rings. The molecule has 0 atom stereocenters. The molecule has 3 nitrogen and oxygen atoms in total. The van der Waals surface area contributed by atoms with Crippen molar-refractivity contribution in [3.8, 4) is 11.1 Å². The van der Waals surface area contributed by atoms with Crippen molar-refractivity contribution in [3.05, 3.63) is 36.2 Å². The Morgan fingerprint density at radius 1 is 1.35 bits per heavy atom. The standard InChI is InChI=1S/C14H19N3/c1-3-4-8-17-10-12(9-16-17)13-6-5-7-14(15)11(13)2/h5-7,9-10H,3-4,8,15H2,1-2H3. The van der Waals surface area contributed by atoms with Crippen molar-refractivity contribution in [2.45, 2.75) is 33.2 Å². The van der Waals surface area contributed by atoms with Gasteiger partial charge in [0.05, 0.1) is 6.20 Å². The van der Waals surface area contributed by atoms with Crippen LogP contribution in [0.1, 0.15) is 25.3 Å². The van der Waals surface area contributed by atoms with Crippen LogP contribution in [0.25, 0.3) is 11.1 Å². The molecule has 0 aliphatic rings. The largest absolute Gasteiger partial charge is 0.398 e. The molecule has 0 saturated carbocycles. The summed E-state index contributed by atoms with van der Waals surface area (Å²) in [6.07, 6.45) is 6.36. The summed E-state index contributed by atoms with van der Waals surface area (Å²) >= 11 is 0. The van der Waals surface area contributed by atoms with Crippen LogP contribution in [-0.4, -0.2) is 9.78 Å². The highest BCUT2D eigenvalue weighted by atomic mass is 15.3. The van der Waals surface area contributed by atoms with E-state index < -0.39 is 0 Å². The predicted octanol–water partition coefficient (Wildman–Crippen LogP) is 3.24. The van der Waals surface area contributed by atoms with Crippen LogP contribution in [0.4, 0.5) is 5.69 Å². The van der Waals surface area contributed by atoms with Gasteiger partial charge in [0.25, 0.3) is 0 Å². The number of hydrogen-bond donors (Lipinski definition) is 1. The topological polar surface area (TPSA) is 43.8 Å². The van der Waals surface area contributed by atoms with Crippen LogP contribution in [-0.2, 0) is 6.54 Å². The molecule has 3 heteroatoms. The van der Waals surface area contributed by atoms with Crippen LogP contribution >= 0.6 is 0 Å². The lowest BCUT2D eigenvalue weighted by Crippen LogP contribution is -1.97. The summed E-state index contributed by atoms with van der Waals surface area (Å²) < 4.78 is 2.00. The molecule has 0 saturated heterocycles. The molecule has 90 valence electrons. The third-order valence-electron chi connectivity index (χ3n) is 3.06. The summed E-state index contributed by atoms with van der Waals surface area (Å²) in [4.78, 5) is 0. The summed E-state index contributed by atoms with van der Waals surface area (Å²) in [6.45, 7) is 5.22. The Hall–Kier alpha value is -1.77. The van der Waals surface area contributed by atoms with E-state index in [1.807, 2.05) is 29.9 Å². The molecule has 0 radical (unpaired) electrons. The Balaban J connectivity index is 2.27. The molecule has 0 unspecified atom stereocenters. The number of nitrogen functional groups attached to an aromatic ring is 1. The molecule has 1 heterocycles. The lowest BCUT2D eigenvalue weighted by Gasteiger charge is -2.05. The van der Waals surface area contributed by atoms with E-state index >= 15 is 0 Å². The van der Waals surface area contributed by atoms with Crippen molar-refractivity contribution in [2.24, 2.45) is 0 Å². The second-order valence-corrected chi connectivity index (χ2v) is 4.37. The lowest BCUT2D eigenvalue weighted by molar-refractivity contribution is 0.572. The fourth-order valence-corrected chi connectivity index (χ4v) is 1.91. The average Bonchev–Trinajstić information content (AvgIpc) is 2.78. The molecule has 2 rings (SSSR count). The van der Waals surface area contributed by atoms with Gasteiger partial charge in [-0.3, -0.25) is 4.68 Å². The van der Waals surface area contributed by atoms with E-state index in [-0.39, 0.29) is 0 Å². The van der Waals surface area contributed by atoms with Gasteiger partial charge in [-0.25, -0.2) is 0 Å². The highest BCUT2D eigenvalue weighted by molar-refractivity contribution is 5.71. The SMILES string of the molecule is CCCCn1cc(-c2cccc(N)c2C)cn1. The first-order chi connectivity index (χ1) is 8.22. The van der Waals surface area contributed by atoms with Crippen molar-refractivity contribution < 1.29 is 0 Å². The Morgan fingerprint density at radius 2 is 2.18 bits per heavy atom. The van der Waals surface area contributed by atoms with E-state index in [1.54, 1.807) is 0 Å². The number of benzene rings is 1. The molecule has 0 amide bonds. The summed E-state index contributed by atoms with van der Waals surface area (Å²) in [6, 6.07) is 6.01. The van der Waals surface area contributed by atoms with Crippen molar-refractivity contribution in [1.29, 1.82) is 0 Å². The summed E-state index contributed by atoms with van der Waals surface area (Å²) in [5.41, 5.74) is 10.2. The van der Waals surface area contributed by atoms with Crippen LogP contribution < -0.4 is 5.73 Å². The van der Waals surface area contributed by atoms with E-state index in [2.05, 4.69) is 24.3 Å². The molecule has 0 bridgehead atoms. The van der Waals surface area contributed by atoms with Crippen molar-refractivity contribution in [1.82, 2.24) is 9.78 Å². The van der Waals surface area contributed by atoms with Gasteiger partial charge in [0, 0.05) is 24.0 Å². The summed E-state index contributed by atoms with van der Waals surface area (Å²) in [5.74, 6) is 0.